The van der Waals surface area contributed by atoms with Crippen LogP contribution in [0.15, 0.2) is 97.3 Å². The van der Waals surface area contributed by atoms with Gasteiger partial charge >= 0.3 is 0 Å². The summed E-state index contributed by atoms with van der Waals surface area (Å²) in [4.78, 5) is 20.3. The van der Waals surface area contributed by atoms with Gasteiger partial charge in [0.25, 0.3) is 0 Å². The molecular weight excluding hydrogens is 575 g/mol. The number of nitrogen functional groups attached to an aromatic ring is 1. The van der Waals surface area contributed by atoms with E-state index >= 15 is 0 Å². The van der Waals surface area contributed by atoms with E-state index < -0.39 is 0 Å². The van der Waals surface area contributed by atoms with Crippen LogP contribution < -0.4 is 15.8 Å². The minimum Gasteiger partial charge on any atom is -0.496 e. The van der Waals surface area contributed by atoms with Crippen molar-refractivity contribution < 1.29 is 13.9 Å². The van der Waals surface area contributed by atoms with Crippen molar-refractivity contribution in [2.45, 2.75) is 19.8 Å². The number of carbonyl (C=O) groups is 1. The van der Waals surface area contributed by atoms with E-state index in [1.165, 1.54) is 6.07 Å². The molecule has 1 fully saturated rings. The molecule has 0 spiro atoms. The lowest BCUT2D eigenvalue weighted by atomic mass is 9.98. The highest BCUT2D eigenvalue weighted by atomic mass is 35.5. The second-order valence-corrected chi connectivity index (χ2v) is 11.3. The fourth-order valence-corrected chi connectivity index (χ4v) is 5.26. The molecule has 6 nitrogen and oxygen atoms in total. The normalized spacial score (nSPS) is 12.5. The van der Waals surface area contributed by atoms with Gasteiger partial charge in [0.05, 0.1) is 7.11 Å². The number of nitrogens with zero attached hydrogens (tertiary/aromatic N) is 2. The third kappa shape index (κ3) is 6.48. The maximum absolute atomic E-state index is 13.4. The van der Waals surface area contributed by atoms with Crippen LogP contribution in [-0.2, 0) is 4.79 Å². The van der Waals surface area contributed by atoms with E-state index in [1.54, 1.807) is 37.7 Å². The number of hydrogen-bond acceptors (Lipinski definition) is 5. The Morgan fingerprint density at radius 1 is 0.841 bits per heavy atom. The Kier molecular flexibility index (Phi) is 8.13. The predicted molar refractivity (Wildman–Crippen MR) is 176 cm³/mol. The van der Waals surface area contributed by atoms with Crippen LogP contribution in [0.1, 0.15) is 18.4 Å². The fourth-order valence-electron chi connectivity index (χ4n) is 5.09. The van der Waals surface area contributed by atoms with Crippen LogP contribution in [0.2, 0.25) is 5.02 Å². The molecule has 1 aliphatic rings. The number of fused-ring (bicyclic) bond motifs is 2. The van der Waals surface area contributed by atoms with Crippen LogP contribution in [0.25, 0.3) is 43.8 Å². The SMILES string of the molecule is COc1ccc(Cl)cc1-c1ccc2cc(NC(=O)C3CC3)ncc2c1.Cc1ccc(F)cc1-c1ccc2cc(N)ncc2c1. The summed E-state index contributed by atoms with van der Waals surface area (Å²) < 4.78 is 18.8. The van der Waals surface area contributed by atoms with Gasteiger partial charge in [-0.05, 0) is 107 Å². The highest BCUT2D eigenvalue weighted by Crippen LogP contribution is 2.35. The molecule has 1 aliphatic carbocycles. The zero-order valence-electron chi connectivity index (χ0n) is 24.3. The van der Waals surface area contributed by atoms with Crippen molar-refractivity contribution in [3.05, 3.63) is 114 Å². The maximum atomic E-state index is 13.4. The monoisotopic (exact) mass is 604 g/mol. The van der Waals surface area contributed by atoms with Crippen LogP contribution in [0, 0.1) is 18.7 Å². The number of benzene rings is 4. The molecule has 0 radical (unpaired) electrons. The number of carbonyl (C=O) groups excluding carboxylic acids is 1. The zero-order chi connectivity index (χ0) is 30.8. The number of hydrogen-bond donors (Lipinski definition) is 2. The molecule has 1 amide bonds. The summed E-state index contributed by atoms with van der Waals surface area (Å²) in [7, 11) is 1.64. The van der Waals surface area contributed by atoms with Crippen molar-refractivity contribution in [1.29, 1.82) is 0 Å². The lowest BCUT2D eigenvalue weighted by Gasteiger charge is -2.11. The fraction of sp³-hybridized carbons (Fsp3) is 0.139. The summed E-state index contributed by atoms with van der Waals surface area (Å²) in [6, 6.07) is 26.1. The molecule has 1 saturated carbocycles. The van der Waals surface area contributed by atoms with Gasteiger partial charge in [-0.1, -0.05) is 41.9 Å². The van der Waals surface area contributed by atoms with Crippen molar-refractivity contribution in [1.82, 2.24) is 9.97 Å². The van der Waals surface area contributed by atoms with E-state index in [4.69, 9.17) is 22.1 Å². The quantitative estimate of drug-likeness (QED) is 0.205. The number of aryl methyl sites for hydroxylation is 1. The number of methoxy groups -OCH3 is 1. The van der Waals surface area contributed by atoms with Crippen molar-refractivity contribution >= 4 is 50.7 Å². The van der Waals surface area contributed by atoms with Crippen LogP contribution in [0.4, 0.5) is 16.0 Å². The molecule has 7 rings (SSSR count). The maximum Gasteiger partial charge on any atom is 0.228 e. The minimum atomic E-state index is -0.226. The summed E-state index contributed by atoms with van der Waals surface area (Å²) in [5.74, 6) is 1.86. The first-order chi connectivity index (χ1) is 21.3. The van der Waals surface area contributed by atoms with Gasteiger partial charge in [-0.15, -0.1) is 0 Å². The molecule has 44 heavy (non-hydrogen) atoms. The number of amides is 1. The van der Waals surface area contributed by atoms with E-state index in [0.717, 1.165) is 68.0 Å². The van der Waals surface area contributed by atoms with Gasteiger partial charge in [0, 0.05) is 39.7 Å². The smallest absolute Gasteiger partial charge is 0.228 e. The lowest BCUT2D eigenvalue weighted by molar-refractivity contribution is -0.117. The Hall–Kier alpha value is -5.01. The number of rotatable bonds is 5. The Labute approximate surface area is 259 Å². The molecule has 0 aliphatic heterocycles. The topological polar surface area (TPSA) is 90.1 Å². The minimum absolute atomic E-state index is 0.0622. The number of pyridine rings is 2. The molecule has 8 heteroatoms. The number of ether oxygens (including phenoxy) is 1. The average molecular weight is 605 g/mol. The molecule has 2 aromatic heterocycles. The van der Waals surface area contributed by atoms with Gasteiger partial charge in [0.1, 0.15) is 23.2 Å². The van der Waals surface area contributed by atoms with Crippen molar-refractivity contribution in [3.8, 4) is 28.0 Å². The molecule has 0 unspecified atom stereocenters. The van der Waals surface area contributed by atoms with Crippen LogP contribution in [0.5, 0.6) is 5.75 Å². The summed E-state index contributed by atoms with van der Waals surface area (Å²) in [6.07, 6.45) is 5.47. The molecule has 6 aromatic rings. The Balaban J connectivity index is 0.000000162. The number of nitrogens with one attached hydrogen (secondary N) is 1. The molecule has 4 aromatic carbocycles. The van der Waals surface area contributed by atoms with Gasteiger partial charge in [-0.2, -0.15) is 0 Å². The third-order valence-corrected chi connectivity index (χ3v) is 7.88. The Bertz CT molecular complexity index is 2030. The summed E-state index contributed by atoms with van der Waals surface area (Å²) >= 11 is 6.13. The van der Waals surface area contributed by atoms with Gasteiger partial charge in [0.15, 0.2) is 0 Å². The number of aromatic nitrogens is 2. The first kappa shape index (κ1) is 29.1. The van der Waals surface area contributed by atoms with E-state index in [2.05, 4.69) is 15.3 Å². The van der Waals surface area contributed by atoms with Crippen LogP contribution in [-0.4, -0.2) is 23.0 Å². The average Bonchev–Trinajstić information content (AvgIpc) is 3.88. The van der Waals surface area contributed by atoms with Crippen LogP contribution in [0.3, 0.4) is 0 Å². The van der Waals surface area contributed by atoms with Crippen molar-refractivity contribution in [2.24, 2.45) is 5.92 Å². The van der Waals surface area contributed by atoms with E-state index in [9.17, 15) is 9.18 Å². The second-order valence-electron chi connectivity index (χ2n) is 10.9. The molecule has 0 atom stereocenters. The first-order valence-electron chi connectivity index (χ1n) is 14.2. The molecule has 3 N–H and O–H groups in total. The third-order valence-electron chi connectivity index (χ3n) is 7.65. The largest absolute Gasteiger partial charge is 0.496 e. The highest BCUT2D eigenvalue weighted by Gasteiger charge is 2.29. The highest BCUT2D eigenvalue weighted by molar-refractivity contribution is 6.31. The van der Waals surface area contributed by atoms with E-state index in [1.807, 2.05) is 67.6 Å². The number of nitrogens with two attached hydrogens (primary N) is 1. The van der Waals surface area contributed by atoms with Gasteiger partial charge in [-0.3, -0.25) is 4.79 Å². The molecule has 0 saturated heterocycles. The van der Waals surface area contributed by atoms with Crippen molar-refractivity contribution in [3.63, 3.8) is 0 Å². The standard InChI is InChI=1S/C20H17ClN2O2.C16H13FN2/c1-25-18-7-6-16(21)10-17(18)14-5-4-13-9-19(22-11-15(13)8-14)23-20(24)12-2-3-12;1-10-2-5-14(17)8-15(10)12-4-3-11-7-16(18)19-9-13(11)6-12/h4-12H,2-3H2,1H3,(H,22,23,24);2-9H,1H3,(H2,18,19). The van der Waals surface area contributed by atoms with E-state index in [-0.39, 0.29) is 17.6 Å². The van der Waals surface area contributed by atoms with E-state index in [0.29, 0.717) is 16.7 Å². The first-order valence-corrected chi connectivity index (χ1v) is 14.6. The molecular formula is C36H30ClFN4O2. The summed E-state index contributed by atoms with van der Waals surface area (Å²) in [6.45, 7) is 1.97. The molecule has 2 heterocycles. The molecule has 220 valence electrons. The van der Waals surface area contributed by atoms with Crippen LogP contribution >= 0.6 is 11.6 Å². The Morgan fingerprint density at radius 3 is 2.23 bits per heavy atom. The number of halogens is 2. The van der Waals surface area contributed by atoms with Gasteiger partial charge in [0.2, 0.25) is 5.91 Å². The summed E-state index contributed by atoms with van der Waals surface area (Å²) in [5.41, 5.74) is 10.5. The second kappa shape index (κ2) is 12.3. The zero-order valence-corrected chi connectivity index (χ0v) is 25.0. The lowest BCUT2D eigenvalue weighted by Crippen LogP contribution is -2.14. The Morgan fingerprint density at radius 2 is 1.52 bits per heavy atom. The van der Waals surface area contributed by atoms with Gasteiger partial charge in [-0.25, -0.2) is 14.4 Å². The summed E-state index contributed by atoms with van der Waals surface area (Å²) in [5, 5.41) is 7.58. The number of anilines is 2. The molecule has 0 bridgehead atoms. The van der Waals surface area contributed by atoms with Crippen molar-refractivity contribution in [2.75, 3.05) is 18.2 Å². The predicted octanol–water partition coefficient (Wildman–Crippen LogP) is 8.84. The van der Waals surface area contributed by atoms with Gasteiger partial charge < -0.3 is 15.8 Å².